The number of aromatic nitrogens is 3. The molecule has 4 aromatic rings. The molecular weight excluding hydrogens is 364 g/mol. The van der Waals surface area contributed by atoms with E-state index in [4.69, 9.17) is 0 Å². The summed E-state index contributed by atoms with van der Waals surface area (Å²) < 4.78 is 3.27. The van der Waals surface area contributed by atoms with Gasteiger partial charge in [0.15, 0.2) is 0 Å². The van der Waals surface area contributed by atoms with Crippen molar-refractivity contribution in [2.24, 2.45) is 0 Å². The molecule has 0 aliphatic rings. The van der Waals surface area contributed by atoms with Crippen molar-refractivity contribution in [2.75, 3.05) is 5.32 Å². The molecule has 0 aliphatic heterocycles. The second-order valence-electron chi connectivity index (χ2n) is 7.39. The number of rotatable bonds is 5. The van der Waals surface area contributed by atoms with Crippen molar-refractivity contribution in [3.8, 4) is 0 Å². The Morgan fingerprint density at radius 2 is 1.86 bits per heavy atom. The lowest BCUT2D eigenvalue weighted by atomic mass is 10.1. The first-order valence-electron chi connectivity index (χ1n) is 9.83. The maximum Gasteiger partial charge on any atom is 0.291 e. The summed E-state index contributed by atoms with van der Waals surface area (Å²) in [5.41, 5.74) is 4.34. The number of aryl methyl sites for hydroxylation is 3. The maximum absolute atomic E-state index is 13.2. The first-order chi connectivity index (χ1) is 14.0. The fourth-order valence-electron chi connectivity index (χ4n) is 3.72. The van der Waals surface area contributed by atoms with Crippen LogP contribution >= 0.6 is 0 Å². The Balaban J connectivity index is 1.71. The van der Waals surface area contributed by atoms with Crippen molar-refractivity contribution >= 4 is 33.4 Å². The van der Waals surface area contributed by atoms with Gasteiger partial charge in [0.2, 0.25) is 5.91 Å². The lowest BCUT2D eigenvalue weighted by Gasteiger charge is -2.09. The van der Waals surface area contributed by atoms with E-state index in [0.717, 1.165) is 40.4 Å². The second-order valence-corrected chi connectivity index (χ2v) is 7.39. The monoisotopic (exact) mass is 388 g/mol. The van der Waals surface area contributed by atoms with Crippen molar-refractivity contribution in [1.82, 2.24) is 14.3 Å². The number of carbonyl (C=O) groups excluding carboxylic acids is 1. The zero-order valence-corrected chi connectivity index (χ0v) is 16.9. The number of nitrogens with one attached hydrogen (secondary N) is 1. The number of nitrogens with zero attached hydrogens (tertiary/aromatic N) is 3. The SMILES string of the molecule is CCCn1c2ccccc2c2cnn(CC(=O)Nc3ccc(C)c(C)c3)c(=O)c21. The summed E-state index contributed by atoms with van der Waals surface area (Å²) in [4.78, 5) is 25.7. The molecular formula is C23H24N4O2. The van der Waals surface area contributed by atoms with Crippen LogP contribution in [0.15, 0.2) is 53.5 Å². The minimum atomic E-state index is -0.277. The molecule has 0 aliphatic carbocycles. The number of carbonyl (C=O) groups is 1. The van der Waals surface area contributed by atoms with Gasteiger partial charge in [0, 0.05) is 28.5 Å². The summed E-state index contributed by atoms with van der Waals surface area (Å²) in [7, 11) is 0. The number of anilines is 1. The number of amides is 1. The number of fused-ring (bicyclic) bond motifs is 3. The second kappa shape index (κ2) is 7.54. The summed E-state index contributed by atoms with van der Waals surface area (Å²) >= 11 is 0. The normalized spacial score (nSPS) is 11.3. The zero-order chi connectivity index (χ0) is 20.5. The quantitative estimate of drug-likeness (QED) is 0.561. The van der Waals surface area contributed by atoms with Crippen LogP contribution in [0.3, 0.4) is 0 Å². The fraction of sp³-hybridized carbons (Fsp3) is 0.261. The first kappa shape index (κ1) is 18.9. The zero-order valence-electron chi connectivity index (χ0n) is 16.9. The van der Waals surface area contributed by atoms with Gasteiger partial charge in [-0.3, -0.25) is 9.59 Å². The molecule has 2 aromatic heterocycles. The predicted molar refractivity (Wildman–Crippen MR) is 116 cm³/mol. The van der Waals surface area contributed by atoms with E-state index < -0.39 is 0 Å². The van der Waals surface area contributed by atoms with Gasteiger partial charge in [0.05, 0.1) is 6.20 Å². The van der Waals surface area contributed by atoms with Crippen molar-refractivity contribution in [3.05, 3.63) is 70.1 Å². The molecule has 4 rings (SSSR count). The molecule has 0 bridgehead atoms. The van der Waals surface area contributed by atoms with Crippen LogP contribution in [-0.4, -0.2) is 20.3 Å². The summed E-state index contributed by atoms with van der Waals surface area (Å²) in [5.74, 6) is -0.277. The molecule has 2 aromatic carbocycles. The van der Waals surface area contributed by atoms with Gasteiger partial charge < -0.3 is 9.88 Å². The van der Waals surface area contributed by atoms with Crippen molar-refractivity contribution in [3.63, 3.8) is 0 Å². The lowest BCUT2D eigenvalue weighted by molar-refractivity contribution is -0.117. The molecule has 0 saturated heterocycles. The molecule has 29 heavy (non-hydrogen) atoms. The van der Waals surface area contributed by atoms with Gasteiger partial charge in [-0.15, -0.1) is 0 Å². The summed E-state index contributed by atoms with van der Waals surface area (Å²) in [6.07, 6.45) is 2.59. The number of hydrogen-bond acceptors (Lipinski definition) is 3. The van der Waals surface area contributed by atoms with E-state index in [1.54, 1.807) is 6.20 Å². The van der Waals surface area contributed by atoms with Gasteiger partial charge in [-0.05, 0) is 49.6 Å². The van der Waals surface area contributed by atoms with Crippen LogP contribution < -0.4 is 10.9 Å². The molecule has 0 atom stereocenters. The van der Waals surface area contributed by atoms with Crippen LogP contribution in [0.5, 0.6) is 0 Å². The highest BCUT2D eigenvalue weighted by Crippen LogP contribution is 2.26. The largest absolute Gasteiger partial charge is 0.336 e. The van der Waals surface area contributed by atoms with Crippen LogP contribution in [-0.2, 0) is 17.9 Å². The molecule has 0 fully saturated rings. The Bertz CT molecular complexity index is 1280. The van der Waals surface area contributed by atoms with Crippen LogP contribution in [0, 0.1) is 13.8 Å². The highest BCUT2D eigenvalue weighted by Gasteiger charge is 2.16. The Morgan fingerprint density at radius 3 is 2.62 bits per heavy atom. The van der Waals surface area contributed by atoms with Gasteiger partial charge >= 0.3 is 0 Å². The molecule has 148 valence electrons. The van der Waals surface area contributed by atoms with Crippen molar-refractivity contribution < 1.29 is 4.79 Å². The molecule has 0 radical (unpaired) electrons. The number of benzene rings is 2. The summed E-state index contributed by atoms with van der Waals surface area (Å²) in [6.45, 7) is 6.71. The van der Waals surface area contributed by atoms with Crippen LogP contribution in [0.1, 0.15) is 24.5 Å². The fourth-order valence-corrected chi connectivity index (χ4v) is 3.72. The van der Waals surface area contributed by atoms with Crippen LogP contribution in [0.25, 0.3) is 21.8 Å². The molecule has 0 spiro atoms. The molecule has 1 amide bonds. The highest BCUT2D eigenvalue weighted by molar-refractivity contribution is 6.07. The molecule has 0 unspecified atom stereocenters. The summed E-state index contributed by atoms with van der Waals surface area (Å²) in [5, 5.41) is 8.96. The minimum Gasteiger partial charge on any atom is -0.336 e. The molecule has 2 heterocycles. The molecule has 6 nitrogen and oxygen atoms in total. The minimum absolute atomic E-state index is 0.130. The van der Waals surface area contributed by atoms with E-state index in [2.05, 4.69) is 17.3 Å². The van der Waals surface area contributed by atoms with Gasteiger partial charge in [-0.25, -0.2) is 4.68 Å². The molecule has 6 heteroatoms. The highest BCUT2D eigenvalue weighted by atomic mass is 16.2. The van der Waals surface area contributed by atoms with E-state index in [9.17, 15) is 9.59 Å². The van der Waals surface area contributed by atoms with Crippen molar-refractivity contribution in [2.45, 2.75) is 40.3 Å². The van der Waals surface area contributed by atoms with E-state index in [-0.39, 0.29) is 18.0 Å². The third-order valence-electron chi connectivity index (χ3n) is 5.30. The predicted octanol–water partition coefficient (Wildman–Crippen LogP) is 4.02. The van der Waals surface area contributed by atoms with E-state index in [1.807, 2.05) is 60.9 Å². The Kier molecular flexibility index (Phi) is 4.92. The molecule has 1 N–H and O–H groups in total. The topological polar surface area (TPSA) is 68.9 Å². The van der Waals surface area contributed by atoms with E-state index in [0.29, 0.717) is 11.2 Å². The lowest BCUT2D eigenvalue weighted by Crippen LogP contribution is -2.30. The number of hydrogen-bond donors (Lipinski definition) is 1. The Morgan fingerprint density at radius 1 is 1.07 bits per heavy atom. The standard InChI is InChI=1S/C23H24N4O2/c1-4-11-26-20-8-6-5-7-18(20)19-13-24-27(23(29)22(19)26)14-21(28)25-17-10-9-15(2)16(3)12-17/h5-10,12-13H,4,11,14H2,1-3H3,(H,25,28). The Hall–Kier alpha value is -3.41. The average Bonchev–Trinajstić information content (AvgIpc) is 3.02. The van der Waals surface area contributed by atoms with E-state index in [1.165, 1.54) is 4.68 Å². The van der Waals surface area contributed by atoms with Gasteiger partial charge in [-0.2, -0.15) is 5.10 Å². The third-order valence-corrected chi connectivity index (χ3v) is 5.30. The summed E-state index contributed by atoms with van der Waals surface area (Å²) in [6, 6.07) is 13.7. The first-order valence-corrected chi connectivity index (χ1v) is 9.83. The maximum atomic E-state index is 13.2. The van der Waals surface area contributed by atoms with Crippen LogP contribution in [0.4, 0.5) is 5.69 Å². The van der Waals surface area contributed by atoms with Crippen molar-refractivity contribution in [1.29, 1.82) is 0 Å². The van der Waals surface area contributed by atoms with E-state index >= 15 is 0 Å². The average molecular weight is 388 g/mol. The van der Waals surface area contributed by atoms with Gasteiger partial charge in [0.1, 0.15) is 12.1 Å². The van der Waals surface area contributed by atoms with Gasteiger partial charge in [0.25, 0.3) is 5.56 Å². The third kappa shape index (κ3) is 3.42. The Labute approximate surface area is 168 Å². The molecule has 0 saturated carbocycles. The smallest absolute Gasteiger partial charge is 0.291 e. The van der Waals surface area contributed by atoms with Gasteiger partial charge in [-0.1, -0.05) is 31.2 Å². The number of para-hydroxylation sites is 1. The van der Waals surface area contributed by atoms with Crippen LogP contribution in [0.2, 0.25) is 0 Å².